The Labute approximate surface area is 136 Å². The van der Waals surface area contributed by atoms with E-state index in [1.807, 2.05) is 42.5 Å². The molecular formula is C16H12ClN3OS. The summed E-state index contributed by atoms with van der Waals surface area (Å²) >= 11 is 7.39. The van der Waals surface area contributed by atoms with Crippen molar-refractivity contribution in [2.45, 2.75) is 6.42 Å². The molecule has 0 bridgehead atoms. The Balaban J connectivity index is 1.66. The van der Waals surface area contributed by atoms with Gasteiger partial charge in [-0.25, -0.2) is 0 Å². The van der Waals surface area contributed by atoms with Gasteiger partial charge >= 0.3 is 0 Å². The highest BCUT2D eigenvalue weighted by Gasteiger charge is 2.07. The molecule has 0 aliphatic carbocycles. The first-order valence-electron chi connectivity index (χ1n) is 6.63. The molecule has 0 aliphatic rings. The largest absolute Gasteiger partial charge is 0.326 e. The van der Waals surface area contributed by atoms with Crippen molar-refractivity contribution in [3.63, 3.8) is 0 Å². The average Bonchev–Trinajstić information content (AvgIpc) is 3.05. The molecule has 22 heavy (non-hydrogen) atoms. The summed E-state index contributed by atoms with van der Waals surface area (Å²) in [7, 11) is 0. The molecule has 0 fully saturated rings. The van der Waals surface area contributed by atoms with Gasteiger partial charge < -0.3 is 5.32 Å². The Hall–Kier alpha value is -2.24. The number of hydrogen-bond donors (Lipinski definition) is 1. The monoisotopic (exact) mass is 329 g/mol. The van der Waals surface area contributed by atoms with Crippen molar-refractivity contribution in [2.75, 3.05) is 5.32 Å². The fraction of sp³-hybridized carbons (Fsp3) is 0.0625. The van der Waals surface area contributed by atoms with Crippen LogP contribution in [0.5, 0.6) is 0 Å². The van der Waals surface area contributed by atoms with Crippen LogP contribution in [0.3, 0.4) is 0 Å². The van der Waals surface area contributed by atoms with Crippen LogP contribution in [0.25, 0.3) is 10.4 Å². The Bertz CT molecular complexity index is 772. The van der Waals surface area contributed by atoms with Gasteiger partial charge in [-0.15, -0.1) is 5.10 Å². The normalized spacial score (nSPS) is 10.4. The van der Waals surface area contributed by atoms with Gasteiger partial charge in [-0.2, -0.15) is 0 Å². The van der Waals surface area contributed by atoms with Crippen molar-refractivity contribution in [3.05, 3.63) is 65.3 Å². The van der Waals surface area contributed by atoms with Crippen molar-refractivity contribution in [3.8, 4) is 10.4 Å². The van der Waals surface area contributed by atoms with Gasteiger partial charge in [0, 0.05) is 10.7 Å². The maximum atomic E-state index is 12.1. The standard InChI is InChI=1S/C16H12ClN3OS/c17-14-4-2-1-3-12(14)9-16(21)19-13-7-5-11(6-8-13)15-10-18-20-22-15/h1-8,10H,9H2,(H,19,21). The predicted octanol–water partition coefficient (Wildman–Crippen LogP) is 4.04. The number of rotatable bonds is 4. The maximum absolute atomic E-state index is 12.1. The van der Waals surface area contributed by atoms with E-state index in [9.17, 15) is 4.79 Å². The molecule has 1 amide bonds. The second-order valence-corrected chi connectivity index (χ2v) is 5.87. The summed E-state index contributed by atoms with van der Waals surface area (Å²) in [5.41, 5.74) is 2.59. The van der Waals surface area contributed by atoms with Crippen LogP contribution >= 0.6 is 23.1 Å². The number of halogens is 1. The van der Waals surface area contributed by atoms with Gasteiger partial charge in [0.2, 0.25) is 5.91 Å². The topological polar surface area (TPSA) is 54.9 Å². The first-order valence-corrected chi connectivity index (χ1v) is 7.78. The Morgan fingerprint density at radius 2 is 1.91 bits per heavy atom. The molecule has 0 saturated carbocycles. The van der Waals surface area contributed by atoms with Gasteiger partial charge in [0.05, 0.1) is 17.5 Å². The molecule has 1 aromatic heterocycles. The molecule has 110 valence electrons. The average molecular weight is 330 g/mol. The summed E-state index contributed by atoms with van der Waals surface area (Å²) in [5.74, 6) is -0.0969. The molecule has 4 nitrogen and oxygen atoms in total. The van der Waals surface area contributed by atoms with Crippen molar-refractivity contribution < 1.29 is 4.79 Å². The quantitative estimate of drug-likeness (QED) is 0.786. The van der Waals surface area contributed by atoms with Crippen LogP contribution in [0.1, 0.15) is 5.56 Å². The molecule has 0 unspecified atom stereocenters. The molecule has 0 spiro atoms. The Kier molecular flexibility index (Phi) is 4.46. The predicted molar refractivity (Wildman–Crippen MR) is 89.1 cm³/mol. The molecular weight excluding hydrogens is 318 g/mol. The first-order chi connectivity index (χ1) is 10.7. The van der Waals surface area contributed by atoms with Gasteiger partial charge in [-0.1, -0.05) is 46.4 Å². The van der Waals surface area contributed by atoms with E-state index in [1.165, 1.54) is 11.5 Å². The van der Waals surface area contributed by atoms with Crippen LogP contribution in [-0.4, -0.2) is 15.5 Å². The van der Waals surface area contributed by atoms with Gasteiger partial charge in [0.15, 0.2) is 0 Å². The summed E-state index contributed by atoms with van der Waals surface area (Å²) in [5, 5.41) is 7.28. The van der Waals surface area contributed by atoms with Crippen LogP contribution in [0.4, 0.5) is 5.69 Å². The third-order valence-corrected chi connectivity index (χ3v) is 4.21. The summed E-state index contributed by atoms with van der Waals surface area (Å²) in [6.45, 7) is 0. The molecule has 0 aliphatic heterocycles. The molecule has 0 atom stereocenters. The molecule has 2 aromatic carbocycles. The lowest BCUT2D eigenvalue weighted by Crippen LogP contribution is -2.14. The fourth-order valence-corrected chi connectivity index (χ4v) is 2.75. The van der Waals surface area contributed by atoms with Crippen molar-refractivity contribution >= 4 is 34.7 Å². The summed E-state index contributed by atoms with van der Waals surface area (Å²) in [4.78, 5) is 13.1. The molecule has 3 rings (SSSR count). The van der Waals surface area contributed by atoms with E-state index in [2.05, 4.69) is 14.9 Å². The SMILES string of the molecule is O=C(Cc1ccccc1Cl)Nc1ccc(-c2cnns2)cc1. The Morgan fingerprint density at radius 3 is 2.59 bits per heavy atom. The van der Waals surface area contributed by atoms with Crippen LogP contribution in [-0.2, 0) is 11.2 Å². The van der Waals surface area contributed by atoms with Gasteiger partial charge in [-0.3, -0.25) is 4.79 Å². The van der Waals surface area contributed by atoms with E-state index in [-0.39, 0.29) is 12.3 Å². The number of hydrogen-bond acceptors (Lipinski definition) is 4. The van der Waals surface area contributed by atoms with Crippen LogP contribution in [0.15, 0.2) is 54.7 Å². The van der Waals surface area contributed by atoms with Crippen LogP contribution < -0.4 is 5.32 Å². The highest BCUT2D eigenvalue weighted by atomic mass is 35.5. The number of aromatic nitrogens is 2. The van der Waals surface area contributed by atoms with Crippen LogP contribution in [0.2, 0.25) is 5.02 Å². The van der Waals surface area contributed by atoms with E-state index in [4.69, 9.17) is 11.6 Å². The summed E-state index contributed by atoms with van der Waals surface area (Å²) < 4.78 is 3.83. The molecule has 0 saturated heterocycles. The number of carbonyl (C=O) groups excluding carboxylic acids is 1. The second-order valence-electron chi connectivity index (χ2n) is 4.68. The minimum absolute atomic E-state index is 0.0969. The third kappa shape index (κ3) is 3.50. The van der Waals surface area contributed by atoms with E-state index < -0.39 is 0 Å². The van der Waals surface area contributed by atoms with E-state index in [0.717, 1.165) is 21.7 Å². The number of amides is 1. The number of anilines is 1. The van der Waals surface area contributed by atoms with Crippen LogP contribution in [0, 0.1) is 0 Å². The van der Waals surface area contributed by atoms with Crippen molar-refractivity contribution in [2.24, 2.45) is 0 Å². The zero-order valence-corrected chi connectivity index (χ0v) is 13.1. The van der Waals surface area contributed by atoms with Crippen molar-refractivity contribution in [1.29, 1.82) is 0 Å². The molecule has 0 radical (unpaired) electrons. The lowest BCUT2D eigenvalue weighted by molar-refractivity contribution is -0.115. The first kappa shape index (κ1) is 14.7. The lowest BCUT2D eigenvalue weighted by Gasteiger charge is -2.07. The number of nitrogens with one attached hydrogen (secondary N) is 1. The number of benzene rings is 2. The number of carbonyl (C=O) groups is 1. The fourth-order valence-electron chi connectivity index (χ4n) is 2.03. The van der Waals surface area contributed by atoms with Gasteiger partial charge in [-0.05, 0) is 40.9 Å². The molecule has 6 heteroatoms. The molecule has 1 heterocycles. The minimum atomic E-state index is -0.0969. The van der Waals surface area contributed by atoms with Gasteiger partial charge in [0.25, 0.3) is 0 Å². The zero-order chi connectivity index (χ0) is 15.4. The molecule has 1 N–H and O–H groups in total. The minimum Gasteiger partial charge on any atom is -0.326 e. The van der Waals surface area contributed by atoms with Crippen molar-refractivity contribution in [1.82, 2.24) is 9.59 Å². The van der Waals surface area contributed by atoms with E-state index in [1.54, 1.807) is 12.3 Å². The Morgan fingerprint density at radius 1 is 1.14 bits per heavy atom. The van der Waals surface area contributed by atoms with E-state index >= 15 is 0 Å². The lowest BCUT2D eigenvalue weighted by atomic mass is 10.1. The van der Waals surface area contributed by atoms with Gasteiger partial charge in [0.1, 0.15) is 0 Å². The maximum Gasteiger partial charge on any atom is 0.228 e. The third-order valence-electron chi connectivity index (χ3n) is 3.12. The molecule has 3 aromatic rings. The zero-order valence-electron chi connectivity index (χ0n) is 11.5. The summed E-state index contributed by atoms with van der Waals surface area (Å²) in [6.07, 6.45) is 1.97. The second kappa shape index (κ2) is 6.68. The van der Waals surface area contributed by atoms with E-state index in [0.29, 0.717) is 5.02 Å². The smallest absolute Gasteiger partial charge is 0.228 e. The summed E-state index contributed by atoms with van der Waals surface area (Å²) in [6, 6.07) is 14.9. The number of nitrogens with zero attached hydrogens (tertiary/aromatic N) is 2. The highest BCUT2D eigenvalue weighted by molar-refractivity contribution is 7.09. The highest BCUT2D eigenvalue weighted by Crippen LogP contribution is 2.23.